The van der Waals surface area contributed by atoms with Gasteiger partial charge in [0.1, 0.15) is 5.82 Å². The summed E-state index contributed by atoms with van der Waals surface area (Å²) in [6, 6.07) is 5.81. The van der Waals surface area contributed by atoms with Crippen molar-refractivity contribution in [2.24, 2.45) is 0 Å². The van der Waals surface area contributed by atoms with Crippen LogP contribution in [0.2, 0.25) is 0 Å². The van der Waals surface area contributed by atoms with Crippen LogP contribution in [-0.4, -0.2) is 36.7 Å². The first-order valence-electron chi connectivity index (χ1n) is 5.74. The average molecular weight is 297 g/mol. The zero-order chi connectivity index (χ0) is 14.7. The Morgan fingerprint density at radius 3 is 2.90 bits per heavy atom. The van der Waals surface area contributed by atoms with Crippen LogP contribution in [0.1, 0.15) is 9.67 Å². The molecular weight excluding hydrogens is 285 g/mol. The summed E-state index contributed by atoms with van der Waals surface area (Å²) in [6.07, 6.45) is -1.41. The molecule has 1 atom stereocenters. The van der Waals surface area contributed by atoms with Gasteiger partial charge in [-0.15, -0.1) is 11.3 Å². The molecule has 106 valence electrons. The highest BCUT2D eigenvalue weighted by Crippen LogP contribution is 2.26. The van der Waals surface area contributed by atoms with Crippen molar-refractivity contribution >= 4 is 33.3 Å². The fraction of sp³-hybridized carbons (Fsp3) is 0.231. The van der Waals surface area contributed by atoms with Gasteiger partial charge >= 0.3 is 5.97 Å². The van der Waals surface area contributed by atoms with Crippen LogP contribution in [0.15, 0.2) is 24.3 Å². The maximum absolute atomic E-state index is 13.0. The number of thiophene rings is 1. The van der Waals surface area contributed by atoms with Crippen molar-refractivity contribution in [2.75, 3.05) is 13.7 Å². The molecule has 0 saturated heterocycles. The Hall–Kier alpha value is -1.99. The molecule has 1 unspecified atom stereocenters. The molecule has 2 aromatic rings. The molecule has 0 bridgehead atoms. The van der Waals surface area contributed by atoms with Crippen molar-refractivity contribution in [3.8, 4) is 0 Å². The number of carbonyl (C=O) groups is 2. The quantitative estimate of drug-likeness (QED) is 0.834. The van der Waals surface area contributed by atoms with E-state index in [2.05, 4.69) is 10.1 Å². The number of nitrogens with one attached hydrogen (secondary N) is 1. The molecule has 0 fully saturated rings. The van der Waals surface area contributed by atoms with Gasteiger partial charge in [0.05, 0.1) is 18.5 Å². The van der Waals surface area contributed by atoms with Crippen LogP contribution in [0.25, 0.3) is 10.1 Å². The van der Waals surface area contributed by atoms with E-state index in [0.717, 1.165) is 11.8 Å². The second-order valence-corrected chi connectivity index (χ2v) is 5.13. The van der Waals surface area contributed by atoms with Gasteiger partial charge < -0.3 is 15.2 Å². The summed E-state index contributed by atoms with van der Waals surface area (Å²) in [5, 5.41) is 12.4. The number of amides is 1. The molecule has 0 radical (unpaired) electrons. The Kier molecular flexibility index (Phi) is 4.31. The number of ether oxygens (including phenoxy) is 1. The Labute approximate surface area is 118 Å². The number of rotatable bonds is 4. The van der Waals surface area contributed by atoms with Crippen molar-refractivity contribution in [1.82, 2.24) is 5.32 Å². The number of esters is 1. The van der Waals surface area contributed by atoms with E-state index < -0.39 is 18.0 Å². The molecule has 1 aromatic carbocycles. The van der Waals surface area contributed by atoms with Crippen molar-refractivity contribution in [1.29, 1.82) is 0 Å². The smallest absolute Gasteiger partial charge is 0.336 e. The molecule has 0 aliphatic heterocycles. The van der Waals surface area contributed by atoms with E-state index in [4.69, 9.17) is 0 Å². The molecule has 1 aromatic heterocycles. The Morgan fingerprint density at radius 1 is 1.45 bits per heavy atom. The van der Waals surface area contributed by atoms with Gasteiger partial charge in [0.2, 0.25) is 0 Å². The van der Waals surface area contributed by atoms with Crippen LogP contribution in [-0.2, 0) is 9.53 Å². The number of aliphatic hydroxyl groups is 1. The summed E-state index contributed by atoms with van der Waals surface area (Å²) in [6.45, 7) is -0.242. The predicted molar refractivity (Wildman–Crippen MR) is 72.1 cm³/mol. The number of carbonyl (C=O) groups excluding carboxylic acids is 2. The molecule has 0 spiro atoms. The van der Waals surface area contributed by atoms with Crippen LogP contribution in [0.5, 0.6) is 0 Å². The maximum Gasteiger partial charge on any atom is 0.336 e. The Balaban J connectivity index is 2.06. The van der Waals surface area contributed by atoms with Gasteiger partial charge in [-0.05, 0) is 29.7 Å². The zero-order valence-corrected chi connectivity index (χ0v) is 11.4. The summed E-state index contributed by atoms with van der Waals surface area (Å²) in [5.74, 6) is -1.62. The van der Waals surface area contributed by atoms with Gasteiger partial charge in [-0.2, -0.15) is 0 Å². The lowest BCUT2D eigenvalue weighted by molar-refractivity contribution is -0.149. The zero-order valence-electron chi connectivity index (χ0n) is 10.6. The lowest BCUT2D eigenvalue weighted by Crippen LogP contribution is -2.36. The molecule has 1 amide bonds. The van der Waals surface area contributed by atoms with Crippen molar-refractivity contribution in [3.05, 3.63) is 35.0 Å². The van der Waals surface area contributed by atoms with Gasteiger partial charge in [-0.3, -0.25) is 4.79 Å². The predicted octanol–water partition coefficient (Wildman–Crippen LogP) is 1.30. The fourth-order valence-corrected chi connectivity index (χ4v) is 2.58. The van der Waals surface area contributed by atoms with Crippen LogP contribution in [0, 0.1) is 5.82 Å². The van der Waals surface area contributed by atoms with Crippen molar-refractivity contribution in [3.63, 3.8) is 0 Å². The van der Waals surface area contributed by atoms with Gasteiger partial charge in [-0.1, -0.05) is 0 Å². The molecule has 0 aliphatic carbocycles. The number of halogens is 1. The third-order valence-electron chi connectivity index (χ3n) is 2.63. The summed E-state index contributed by atoms with van der Waals surface area (Å²) >= 11 is 1.20. The molecule has 7 heteroatoms. The van der Waals surface area contributed by atoms with E-state index in [-0.39, 0.29) is 12.4 Å². The molecule has 2 N–H and O–H groups in total. The van der Waals surface area contributed by atoms with E-state index in [1.807, 2.05) is 0 Å². The number of hydrogen-bond acceptors (Lipinski definition) is 5. The molecule has 0 saturated carbocycles. The molecule has 0 aliphatic rings. The van der Waals surface area contributed by atoms with Gasteiger partial charge in [-0.25, -0.2) is 9.18 Å². The summed E-state index contributed by atoms with van der Waals surface area (Å²) in [5.41, 5.74) is 0. The number of aliphatic hydroxyl groups excluding tert-OH is 1. The van der Waals surface area contributed by atoms with Crippen LogP contribution in [0.3, 0.4) is 0 Å². The summed E-state index contributed by atoms with van der Waals surface area (Å²) in [7, 11) is 1.15. The van der Waals surface area contributed by atoms with E-state index in [9.17, 15) is 19.1 Å². The third kappa shape index (κ3) is 3.12. The van der Waals surface area contributed by atoms with Crippen LogP contribution >= 0.6 is 11.3 Å². The van der Waals surface area contributed by atoms with Crippen molar-refractivity contribution < 1.29 is 23.8 Å². The van der Waals surface area contributed by atoms with E-state index in [1.54, 1.807) is 12.1 Å². The number of hydrogen-bond donors (Lipinski definition) is 2. The highest BCUT2D eigenvalue weighted by molar-refractivity contribution is 7.20. The molecule has 20 heavy (non-hydrogen) atoms. The average Bonchev–Trinajstić information content (AvgIpc) is 2.86. The van der Waals surface area contributed by atoms with Crippen LogP contribution in [0.4, 0.5) is 4.39 Å². The third-order valence-corrected chi connectivity index (χ3v) is 3.75. The first kappa shape index (κ1) is 14.4. The highest BCUT2D eigenvalue weighted by Gasteiger charge is 2.17. The standard InChI is InChI=1S/C13H12FNO4S/c1-19-13(18)9(16)6-15-12(17)11-5-7-4-8(14)2-3-10(7)20-11/h2-5,9,16H,6H2,1H3,(H,15,17). The second-order valence-electron chi connectivity index (χ2n) is 4.04. The normalized spacial score (nSPS) is 12.2. The SMILES string of the molecule is COC(=O)C(O)CNC(=O)c1cc2cc(F)ccc2s1. The summed E-state index contributed by atoms with van der Waals surface area (Å²) < 4.78 is 18.2. The minimum absolute atomic E-state index is 0.242. The van der Waals surface area contributed by atoms with Gasteiger partial charge in [0, 0.05) is 4.70 Å². The first-order chi connectivity index (χ1) is 9.51. The minimum atomic E-state index is -1.41. The summed E-state index contributed by atoms with van der Waals surface area (Å²) in [4.78, 5) is 23.2. The Morgan fingerprint density at radius 2 is 2.20 bits per heavy atom. The molecular formula is C13H12FNO4S. The number of fused-ring (bicyclic) bond motifs is 1. The van der Waals surface area contributed by atoms with E-state index in [1.165, 1.54) is 23.5 Å². The minimum Gasteiger partial charge on any atom is -0.467 e. The highest BCUT2D eigenvalue weighted by atomic mass is 32.1. The monoisotopic (exact) mass is 297 g/mol. The largest absolute Gasteiger partial charge is 0.467 e. The number of methoxy groups -OCH3 is 1. The molecule has 2 rings (SSSR count). The second kappa shape index (κ2) is 5.98. The van der Waals surface area contributed by atoms with Crippen LogP contribution < -0.4 is 5.32 Å². The lowest BCUT2D eigenvalue weighted by atomic mass is 10.2. The van der Waals surface area contributed by atoms with E-state index >= 15 is 0 Å². The van der Waals surface area contributed by atoms with Gasteiger partial charge in [0.15, 0.2) is 6.10 Å². The maximum atomic E-state index is 13.0. The Bertz CT molecular complexity index is 655. The molecule has 1 heterocycles. The van der Waals surface area contributed by atoms with Crippen molar-refractivity contribution in [2.45, 2.75) is 6.10 Å². The number of benzene rings is 1. The van der Waals surface area contributed by atoms with Gasteiger partial charge in [0.25, 0.3) is 5.91 Å². The molecule has 5 nitrogen and oxygen atoms in total. The van der Waals surface area contributed by atoms with E-state index in [0.29, 0.717) is 10.3 Å². The topological polar surface area (TPSA) is 75.6 Å². The first-order valence-corrected chi connectivity index (χ1v) is 6.56. The fourth-order valence-electron chi connectivity index (χ4n) is 1.62. The lowest BCUT2D eigenvalue weighted by Gasteiger charge is -2.08.